The molecule has 0 atom stereocenters. The van der Waals surface area contributed by atoms with Gasteiger partial charge in [-0.1, -0.05) is 13.8 Å². The first-order chi connectivity index (χ1) is 8.19. The van der Waals surface area contributed by atoms with Crippen molar-refractivity contribution in [3.63, 3.8) is 0 Å². The smallest absolute Gasteiger partial charge is 0.154 e. The van der Waals surface area contributed by atoms with Gasteiger partial charge in [0.25, 0.3) is 0 Å². The minimum absolute atomic E-state index is 0.105. The quantitative estimate of drug-likeness (QED) is 0.869. The molecule has 1 heterocycles. The van der Waals surface area contributed by atoms with Gasteiger partial charge in [-0.05, 0) is 13.8 Å². The van der Waals surface area contributed by atoms with Gasteiger partial charge >= 0.3 is 0 Å². The second kappa shape index (κ2) is 5.75. The lowest BCUT2D eigenvalue weighted by molar-refractivity contribution is 0.581. The largest absolute Gasteiger partial charge is 0.310 e. The number of hydrogen-bond acceptors (Lipinski definition) is 5. The van der Waals surface area contributed by atoms with Crippen molar-refractivity contribution < 1.29 is 8.42 Å². The van der Waals surface area contributed by atoms with Gasteiger partial charge in [-0.3, -0.25) is 0 Å². The Bertz CT molecular complexity index is 501. The molecule has 0 spiro atoms. The molecule has 1 aromatic heterocycles. The molecule has 0 aromatic carbocycles. The number of aryl methyl sites for hydroxylation is 2. The summed E-state index contributed by atoms with van der Waals surface area (Å²) < 4.78 is 22.5. The van der Waals surface area contributed by atoms with Gasteiger partial charge in [0.2, 0.25) is 0 Å². The van der Waals surface area contributed by atoms with Crippen LogP contribution >= 0.6 is 0 Å². The lowest BCUT2D eigenvalue weighted by Gasteiger charge is -2.13. The number of aromatic nitrogens is 2. The summed E-state index contributed by atoms with van der Waals surface area (Å²) in [5, 5.41) is 3.31. The van der Waals surface area contributed by atoms with Crippen molar-refractivity contribution in [2.45, 2.75) is 46.0 Å². The van der Waals surface area contributed by atoms with E-state index < -0.39 is 9.84 Å². The second-order valence-corrected chi connectivity index (χ2v) is 7.04. The van der Waals surface area contributed by atoms with Crippen LogP contribution in [0.25, 0.3) is 0 Å². The summed E-state index contributed by atoms with van der Waals surface area (Å²) in [6.07, 6.45) is 1.19. The average molecular weight is 271 g/mol. The molecular weight excluding hydrogens is 250 g/mol. The van der Waals surface area contributed by atoms with Crippen LogP contribution in [0.15, 0.2) is 0 Å². The summed E-state index contributed by atoms with van der Waals surface area (Å²) in [4.78, 5) is 8.53. The van der Waals surface area contributed by atoms with E-state index in [4.69, 9.17) is 0 Å². The van der Waals surface area contributed by atoms with Gasteiger partial charge in [-0.25, -0.2) is 18.4 Å². The van der Waals surface area contributed by atoms with Crippen molar-refractivity contribution in [1.29, 1.82) is 0 Å². The van der Waals surface area contributed by atoms with Crippen LogP contribution in [0.1, 0.15) is 36.6 Å². The molecule has 1 rings (SSSR count). The molecule has 0 saturated heterocycles. The van der Waals surface area contributed by atoms with E-state index in [0.717, 1.165) is 17.0 Å². The highest BCUT2D eigenvalue weighted by molar-refractivity contribution is 7.89. The lowest BCUT2D eigenvalue weighted by Crippen LogP contribution is -2.23. The summed E-state index contributed by atoms with van der Waals surface area (Å²) in [7, 11) is -3.09. The Balaban J connectivity index is 2.97. The van der Waals surface area contributed by atoms with Gasteiger partial charge < -0.3 is 5.32 Å². The van der Waals surface area contributed by atoms with Gasteiger partial charge in [0.1, 0.15) is 11.6 Å². The van der Waals surface area contributed by atoms with E-state index in [9.17, 15) is 8.42 Å². The molecule has 0 unspecified atom stereocenters. The molecule has 1 N–H and O–H groups in total. The Morgan fingerprint density at radius 1 is 1.17 bits per heavy atom. The maximum atomic E-state index is 11.2. The number of sulfone groups is 1. The lowest BCUT2D eigenvalue weighted by atomic mass is 10.1. The molecule has 0 fully saturated rings. The van der Waals surface area contributed by atoms with Crippen molar-refractivity contribution in [1.82, 2.24) is 15.3 Å². The molecule has 102 valence electrons. The summed E-state index contributed by atoms with van der Waals surface area (Å²) in [6, 6.07) is 0.388. The highest BCUT2D eigenvalue weighted by atomic mass is 32.2. The van der Waals surface area contributed by atoms with Crippen LogP contribution in [0.3, 0.4) is 0 Å². The molecular formula is C12H21N3O2S. The van der Waals surface area contributed by atoms with E-state index in [-0.39, 0.29) is 5.75 Å². The number of rotatable bonds is 5. The molecule has 0 aliphatic heterocycles. The summed E-state index contributed by atoms with van der Waals surface area (Å²) in [5.41, 5.74) is 2.73. The third-order valence-electron chi connectivity index (χ3n) is 2.55. The Hall–Kier alpha value is -1.01. The standard InChI is InChI=1S/C12H21N3O2S/c1-8(2)13-6-11-9(3)14-12(15-10(11)4)7-18(5,16)17/h8,13H,6-7H2,1-5H3. The van der Waals surface area contributed by atoms with E-state index in [1.807, 2.05) is 13.8 Å². The molecule has 0 radical (unpaired) electrons. The first kappa shape index (κ1) is 15.0. The summed E-state index contributed by atoms with van der Waals surface area (Å²) >= 11 is 0. The monoisotopic (exact) mass is 271 g/mol. The normalized spacial score (nSPS) is 12.1. The number of hydrogen-bond donors (Lipinski definition) is 1. The van der Waals surface area contributed by atoms with E-state index >= 15 is 0 Å². The van der Waals surface area contributed by atoms with Crippen LogP contribution in [-0.2, 0) is 22.1 Å². The molecule has 0 bridgehead atoms. The van der Waals surface area contributed by atoms with E-state index in [2.05, 4.69) is 29.1 Å². The van der Waals surface area contributed by atoms with Crippen molar-refractivity contribution in [2.75, 3.05) is 6.26 Å². The summed E-state index contributed by atoms with van der Waals surface area (Å²) in [5.74, 6) is 0.271. The Labute approximate surface area is 109 Å². The van der Waals surface area contributed by atoms with Crippen LogP contribution in [0.5, 0.6) is 0 Å². The maximum absolute atomic E-state index is 11.2. The molecule has 5 nitrogen and oxygen atoms in total. The molecule has 0 saturated carbocycles. The van der Waals surface area contributed by atoms with Crippen LogP contribution in [0.2, 0.25) is 0 Å². The zero-order valence-electron chi connectivity index (χ0n) is 11.6. The summed E-state index contributed by atoms with van der Waals surface area (Å²) in [6.45, 7) is 8.62. The zero-order chi connectivity index (χ0) is 13.9. The maximum Gasteiger partial charge on any atom is 0.154 e. The average Bonchev–Trinajstić information content (AvgIpc) is 2.12. The van der Waals surface area contributed by atoms with Gasteiger partial charge in [-0.2, -0.15) is 0 Å². The van der Waals surface area contributed by atoms with Crippen molar-refractivity contribution >= 4 is 9.84 Å². The van der Waals surface area contributed by atoms with Crippen molar-refractivity contribution in [3.05, 3.63) is 22.8 Å². The minimum Gasteiger partial charge on any atom is -0.310 e. The number of nitrogens with zero attached hydrogens (tertiary/aromatic N) is 2. The topological polar surface area (TPSA) is 72.0 Å². The van der Waals surface area contributed by atoms with Crippen molar-refractivity contribution in [2.24, 2.45) is 0 Å². The molecule has 0 aliphatic carbocycles. The third-order valence-corrected chi connectivity index (χ3v) is 3.33. The fourth-order valence-corrected chi connectivity index (χ4v) is 2.27. The Morgan fingerprint density at radius 3 is 2.06 bits per heavy atom. The second-order valence-electron chi connectivity index (χ2n) is 4.89. The van der Waals surface area contributed by atoms with Gasteiger partial charge in [-0.15, -0.1) is 0 Å². The van der Waals surface area contributed by atoms with Gasteiger partial charge in [0.15, 0.2) is 9.84 Å². The zero-order valence-corrected chi connectivity index (χ0v) is 12.4. The fraction of sp³-hybridized carbons (Fsp3) is 0.667. The van der Waals surface area contributed by atoms with E-state index in [1.54, 1.807) is 0 Å². The third kappa shape index (κ3) is 4.70. The highest BCUT2D eigenvalue weighted by Crippen LogP contribution is 2.11. The predicted octanol–water partition coefficient (Wildman–Crippen LogP) is 1.14. The Morgan fingerprint density at radius 2 is 1.67 bits per heavy atom. The van der Waals surface area contributed by atoms with Gasteiger partial charge in [0.05, 0.1) is 0 Å². The molecule has 0 aliphatic rings. The highest BCUT2D eigenvalue weighted by Gasteiger charge is 2.12. The SMILES string of the molecule is Cc1nc(CS(C)(=O)=O)nc(C)c1CNC(C)C. The molecule has 0 amide bonds. The molecule has 6 heteroatoms. The molecule has 18 heavy (non-hydrogen) atoms. The fourth-order valence-electron chi connectivity index (χ4n) is 1.67. The van der Waals surface area contributed by atoms with E-state index in [1.165, 1.54) is 6.26 Å². The van der Waals surface area contributed by atoms with Crippen molar-refractivity contribution in [3.8, 4) is 0 Å². The van der Waals surface area contributed by atoms with Crippen LogP contribution in [0, 0.1) is 13.8 Å². The first-order valence-electron chi connectivity index (χ1n) is 5.93. The van der Waals surface area contributed by atoms with E-state index in [0.29, 0.717) is 18.4 Å². The van der Waals surface area contributed by atoms with Crippen LogP contribution in [0.4, 0.5) is 0 Å². The molecule has 1 aromatic rings. The van der Waals surface area contributed by atoms with Crippen LogP contribution in [-0.4, -0.2) is 30.7 Å². The van der Waals surface area contributed by atoms with Crippen LogP contribution < -0.4 is 5.32 Å². The van der Waals surface area contributed by atoms with Gasteiger partial charge in [0, 0.05) is 35.8 Å². The Kier molecular flexibility index (Phi) is 4.81. The number of nitrogens with one attached hydrogen (secondary N) is 1. The first-order valence-corrected chi connectivity index (χ1v) is 7.99. The minimum atomic E-state index is -3.09. The predicted molar refractivity (Wildman–Crippen MR) is 72.0 cm³/mol.